The quantitative estimate of drug-likeness (QED) is 0.661. The molecule has 0 atom stereocenters. The molecule has 4 nitrogen and oxygen atoms in total. The van der Waals surface area contributed by atoms with Crippen LogP contribution in [0.15, 0.2) is 0 Å². The number of hydrogen-bond donors (Lipinski definition) is 1. The summed E-state index contributed by atoms with van der Waals surface area (Å²) in [5.41, 5.74) is 0. The summed E-state index contributed by atoms with van der Waals surface area (Å²) in [5, 5.41) is 8.52. The van der Waals surface area contributed by atoms with Crippen LogP contribution in [0.1, 0.15) is 12.8 Å². The van der Waals surface area contributed by atoms with Crippen LogP contribution in [0.2, 0.25) is 0 Å². The Labute approximate surface area is 79.1 Å². The van der Waals surface area contributed by atoms with Crippen molar-refractivity contribution in [3.63, 3.8) is 0 Å². The first-order valence-corrected chi connectivity index (χ1v) is 4.81. The van der Waals surface area contributed by atoms with E-state index < -0.39 is 5.97 Å². The Morgan fingerprint density at radius 1 is 1.46 bits per heavy atom. The zero-order valence-corrected chi connectivity index (χ0v) is 8.20. The molecule has 1 aliphatic heterocycles. The lowest BCUT2D eigenvalue weighted by Gasteiger charge is -2.19. The van der Waals surface area contributed by atoms with Crippen molar-refractivity contribution in [3.05, 3.63) is 0 Å². The molecule has 1 saturated heterocycles. The fourth-order valence-corrected chi connectivity index (χ4v) is 1.63. The fraction of sp³-hybridized carbons (Fsp3) is 0.889. The lowest BCUT2D eigenvalue weighted by Crippen LogP contribution is -2.34. The van der Waals surface area contributed by atoms with Crippen molar-refractivity contribution in [2.24, 2.45) is 0 Å². The second-order valence-electron chi connectivity index (χ2n) is 3.68. The number of carboxylic acids is 1. The van der Waals surface area contributed by atoms with Crippen LogP contribution in [-0.4, -0.2) is 60.6 Å². The van der Waals surface area contributed by atoms with E-state index in [9.17, 15) is 4.79 Å². The van der Waals surface area contributed by atoms with E-state index >= 15 is 0 Å². The van der Waals surface area contributed by atoms with Crippen molar-refractivity contribution >= 4 is 5.97 Å². The smallest absolute Gasteiger partial charge is 0.317 e. The van der Waals surface area contributed by atoms with Gasteiger partial charge in [0.15, 0.2) is 0 Å². The van der Waals surface area contributed by atoms with E-state index in [1.165, 1.54) is 25.9 Å². The van der Waals surface area contributed by atoms with E-state index in [-0.39, 0.29) is 6.54 Å². The molecule has 0 radical (unpaired) electrons. The molecule has 1 rings (SSSR count). The minimum absolute atomic E-state index is 0.147. The van der Waals surface area contributed by atoms with Crippen molar-refractivity contribution in [2.45, 2.75) is 12.8 Å². The summed E-state index contributed by atoms with van der Waals surface area (Å²) in [5.74, 6) is -0.746. The number of likely N-dealkylation sites (tertiary alicyclic amines) is 1. The number of hydrogen-bond acceptors (Lipinski definition) is 3. The van der Waals surface area contributed by atoms with Crippen LogP contribution >= 0.6 is 0 Å². The molecular formula is C9H18N2O2. The third-order valence-electron chi connectivity index (χ3n) is 2.40. The van der Waals surface area contributed by atoms with Gasteiger partial charge in [-0.15, -0.1) is 0 Å². The normalized spacial score (nSPS) is 18.3. The van der Waals surface area contributed by atoms with Gasteiger partial charge in [-0.1, -0.05) is 0 Å². The maximum atomic E-state index is 10.4. The van der Waals surface area contributed by atoms with Crippen LogP contribution in [0.5, 0.6) is 0 Å². The van der Waals surface area contributed by atoms with Gasteiger partial charge in [-0.25, -0.2) is 0 Å². The highest BCUT2D eigenvalue weighted by Gasteiger charge is 2.12. The fourth-order valence-electron chi connectivity index (χ4n) is 1.63. The minimum Gasteiger partial charge on any atom is -0.480 e. The molecule has 0 bridgehead atoms. The van der Waals surface area contributed by atoms with Crippen molar-refractivity contribution < 1.29 is 9.90 Å². The zero-order valence-electron chi connectivity index (χ0n) is 8.20. The summed E-state index contributed by atoms with van der Waals surface area (Å²) < 4.78 is 0. The van der Waals surface area contributed by atoms with Gasteiger partial charge in [0.1, 0.15) is 0 Å². The van der Waals surface area contributed by atoms with Gasteiger partial charge < -0.3 is 10.0 Å². The lowest BCUT2D eigenvalue weighted by molar-refractivity contribution is -0.138. The molecule has 4 heteroatoms. The van der Waals surface area contributed by atoms with Crippen LogP contribution in [0.3, 0.4) is 0 Å². The van der Waals surface area contributed by atoms with Gasteiger partial charge in [0.05, 0.1) is 6.54 Å². The van der Waals surface area contributed by atoms with Gasteiger partial charge in [-0.2, -0.15) is 0 Å². The molecule has 0 amide bonds. The Kier molecular flexibility index (Phi) is 4.18. The van der Waals surface area contributed by atoms with Gasteiger partial charge in [-0.05, 0) is 33.0 Å². The van der Waals surface area contributed by atoms with Crippen molar-refractivity contribution in [1.82, 2.24) is 9.80 Å². The first-order chi connectivity index (χ1) is 6.18. The molecule has 0 saturated carbocycles. The van der Waals surface area contributed by atoms with Gasteiger partial charge >= 0.3 is 5.97 Å². The van der Waals surface area contributed by atoms with E-state index in [1.54, 1.807) is 0 Å². The van der Waals surface area contributed by atoms with Crippen molar-refractivity contribution in [3.8, 4) is 0 Å². The molecule has 0 aromatic rings. The molecular weight excluding hydrogens is 168 g/mol. The van der Waals surface area contributed by atoms with Gasteiger partial charge in [0.2, 0.25) is 0 Å². The average Bonchev–Trinajstić information content (AvgIpc) is 2.51. The Morgan fingerprint density at radius 2 is 2.08 bits per heavy atom. The Balaban J connectivity index is 2.06. The second-order valence-corrected chi connectivity index (χ2v) is 3.68. The Morgan fingerprint density at radius 3 is 2.62 bits per heavy atom. The minimum atomic E-state index is -0.746. The highest BCUT2D eigenvalue weighted by Crippen LogP contribution is 2.06. The topological polar surface area (TPSA) is 43.8 Å². The maximum absolute atomic E-state index is 10.4. The summed E-state index contributed by atoms with van der Waals surface area (Å²) in [6, 6.07) is 0. The molecule has 1 N–H and O–H groups in total. The Bertz CT molecular complexity index is 167. The van der Waals surface area contributed by atoms with E-state index in [1.807, 2.05) is 11.9 Å². The van der Waals surface area contributed by atoms with Crippen LogP contribution in [-0.2, 0) is 4.79 Å². The molecule has 0 unspecified atom stereocenters. The van der Waals surface area contributed by atoms with Crippen LogP contribution in [0.4, 0.5) is 0 Å². The molecule has 0 spiro atoms. The molecule has 13 heavy (non-hydrogen) atoms. The number of carbonyl (C=O) groups is 1. The number of aliphatic carboxylic acids is 1. The van der Waals surface area contributed by atoms with E-state index in [4.69, 9.17) is 5.11 Å². The summed E-state index contributed by atoms with van der Waals surface area (Å²) >= 11 is 0. The average molecular weight is 186 g/mol. The van der Waals surface area contributed by atoms with E-state index in [0.29, 0.717) is 0 Å². The second kappa shape index (κ2) is 5.19. The summed E-state index contributed by atoms with van der Waals surface area (Å²) in [6.45, 7) is 4.37. The number of carboxylic acid groups (broad SMARTS) is 1. The maximum Gasteiger partial charge on any atom is 0.317 e. The number of nitrogens with zero attached hydrogens (tertiary/aromatic N) is 2. The predicted octanol–water partition coefficient (Wildman–Crippen LogP) is 0.0986. The standard InChI is InChI=1S/C9H18N2O2/c1-10(8-9(12)13)6-7-11-4-2-3-5-11/h2-8H2,1H3,(H,12,13). The third kappa shape index (κ3) is 4.24. The highest BCUT2D eigenvalue weighted by molar-refractivity contribution is 5.68. The molecule has 76 valence electrons. The zero-order chi connectivity index (χ0) is 9.68. The van der Waals surface area contributed by atoms with Gasteiger partial charge in [-0.3, -0.25) is 9.69 Å². The number of likely N-dealkylation sites (N-methyl/N-ethyl adjacent to an activating group) is 1. The summed E-state index contributed by atoms with van der Waals surface area (Å²) in [6.07, 6.45) is 2.59. The predicted molar refractivity (Wildman–Crippen MR) is 50.8 cm³/mol. The largest absolute Gasteiger partial charge is 0.480 e. The van der Waals surface area contributed by atoms with Crippen molar-refractivity contribution in [2.75, 3.05) is 39.8 Å². The van der Waals surface area contributed by atoms with Gasteiger partial charge in [0.25, 0.3) is 0 Å². The molecule has 0 aromatic heterocycles. The van der Waals surface area contributed by atoms with Gasteiger partial charge in [0, 0.05) is 13.1 Å². The SMILES string of the molecule is CN(CCN1CCCC1)CC(=O)O. The van der Waals surface area contributed by atoms with Crippen LogP contribution in [0, 0.1) is 0 Å². The molecule has 0 aromatic carbocycles. The molecule has 1 aliphatic rings. The molecule has 1 fully saturated rings. The first kappa shape index (κ1) is 10.5. The van der Waals surface area contributed by atoms with Crippen molar-refractivity contribution in [1.29, 1.82) is 0 Å². The monoisotopic (exact) mass is 186 g/mol. The van der Waals surface area contributed by atoms with E-state index in [2.05, 4.69) is 4.90 Å². The lowest BCUT2D eigenvalue weighted by atomic mass is 10.4. The third-order valence-corrected chi connectivity index (χ3v) is 2.40. The molecule has 1 heterocycles. The van der Waals surface area contributed by atoms with Crippen LogP contribution in [0.25, 0.3) is 0 Å². The summed E-state index contributed by atoms with van der Waals surface area (Å²) in [7, 11) is 1.85. The Hall–Kier alpha value is -0.610. The molecule has 0 aliphatic carbocycles. The summed E-state index contributed by atoms with van der Waals surface area (Å²) in [4.78, 5) is 14.6. The first-order valence-electron chi connectivity index (χ1n) is 4.81. The van der Waals surface area contributed by atoms with Crippen LogP contribution < -0.4 is 0 Å². The van der Waals surface area contributed by atoms with E-state index in [0.717, 1.165) is 13.1 Å². The highest BCUT2D eigenvalue weighted by atomic mass is 16.4. The number of rotatable bonds is 5.